The largest absolute Gasteiger partial charge is 0.448 e. The molecule has 1 heterocycles. The zero-order valence-electron chi connectivity index (χ0n) is 15.2. The normalized spacial score (nSPS) is 17.6. The van der Waals surface area contributed by atoms with Gasteiger partial charge in [0.25, 0.3) is 0 Å². The third kappa shape index (κ3) is 2.97. The second-order valence-corrected chi connectivity index (χ2v) is 7.62. The number of likely N-dealkylation sites (N-methyl/N-ethyl adjacent to an activating group) is 1. The molecule has 0 radical (unpaired) electrons. The fourth-order valence-corrected chi connectivity index (χ4v) is 4.17. The minimum Gasteiger partial charge on any atom is -0.448 e. The molecule has 26 heavy (non-hydrogen) atoms. The molecule has 1 aliphatic heterocycles. The van der Waals surface area contributed by atoms with Gasteiger partial charge in [0.1, 0.15) is 12.2 Å². The number of β-amino-alcohol motifs (C(OH)–C–C–N with tert-alkyl or cyclic N) is 1. The summed E-state index contributed by atoms with van der Waals surface area (Å²) < 4.78 is 5.60. The molecule has 0 bridgehead atoms. The van der Waals surface area contributed by atoms with Gasteiger partial charge in [-0.1, -0.05) is 48.5 Å². The second kappa shape index (κ2) is 6.41. The Morgan fingerprint density at radius 3 is 2.19 bits per heavy atom. The number of fused-ring (bicyclic) bond motifs is 3. The van der Waals surface area contributed by atoms with Crippen LogP contribution in [0.1, 0.15) is 17.0 Å². The number of likely N-dealkylation sites (tertiary alicyclic amines) is 1. The van der Waals surface area contributed by atoms with E-state index in [0.717, 1.165) is 0 Å². The van der Waals surface area contributed by atoms with Gasteiger partial charge in [0.15, 0.2) is 0 Å². The Morgan fingerprint density at radius 2 is 1.65 bits per heavy atom. The lowest BCUT2D eigenvalue weighted by molar-refractivity contribution is -0.0992. The van der Waals surface area contributed by atoms with Gasteiger partial charge in [0, 0.05) is 12.5 Å². The summed E-state index contributed by atoms with van der Waals surface area (Å²) in [5, 5.41) is 10.3. The summed E-state index contributed by atoms with van der Waals surface area (Å²) in [6, 6.07) is 16.6. The molecular weight excluding hydrogens is 328 g/mol. The SMILES string of the molecule is CN(C)CC1(O)CN(C(=O)OCC2c3ccccc3-c3ccccc32)C1. The summed E-state index contributed by atoms with van der Waals surface area (Å²) in [5.41, 5.74) is 4.01. The Labute approximate surface area is 153 Å². The molecule has 0 aromatic heterocycles. The molecule has 1 aliphatic carbocycles. The Bertz CT molecular complexity index is 782. The average molecular weight is 352 g/mol. The molecule has 0 unspecified atom stereocenters. The maximum Gasteiger partial charge on any atom is 0.409 e. The van der Waals surface area contributed by atoms with Crippen molar-refractivity contribution in [2.24, 2.45) is 0 Å². The van der Waals surface area contributed by atoms with E-state index >= 15 is 0 Å². The van der Waals surface area contributed by atoms with Gasteiger partial charge in [-0.3, -0.25) is 0 Å². The number of aliphatic hydroxyl groups is 1. The van der Waals surface area contributed by atoms with Gasteiger partial charge in [-0.25, -0.2) is 4.79 Å². The van der Waals surface area contributed by atoms with E-state index in [4.69, 9.17) is 4.74 Å². The lowest BCUT2D eigenvalue weighted by Gasteiger charge is -2.46. The van der Waals surface area contributed by atoms with E-state index in [0.29, 0.717) is 26.2 Å². The highest BCUT2D eigenvalue weighted by Crippen LogP contribution is 2.44. The maximum absolute atomic E-state index is 12.4. The average Bonchev–Trinajstić information content (AvgIpc) is 2.91. The predicted octanol–water partition coefficient (Wildman–Crippen LogP) is 2.54. The second-order valence-electron chi connectivity index (χ2n) is 7.62. The van der Waals surface area contributed by atoms with Crippen LogP contribution in [-0.4, -0.2) is 66.9 Å². The molecular formula is C21H24N2O3. The zero-order chi connectivity index (χ0) is 18.3. The fourth-order valence-electron chi connectivity index (χ4n) is 4.17. The van der Waals surface area contributed by atoms with Gasteiger partial charge in [-0.2, -0.15) is 0 Å². The van der Waals surface area contributed by atoms with Gasteiger partial charge >= 0.3 is 6.09 Å². The molecule has 4 rings (SSSR count). The minimum absolute atomic E-state index is 0.0632. The van der Waals surface area contributed by atoms with E-state index < -0.39 is 5.60 Å². The summed E-state index contributed by atoms with van der Waals surface area (Å²) in [6.07, 6.45) is -0.352. The van der Waals surface area contributed by atoms with Crippen LogP contribution >= 0.6 is 0 Å². The molecule has 1 amide bonds. The molecule has 0 atom stereocenters. The number of benzene rings is 2. The van der Waals surface area contributed by atoms with Crippen molar-refractivity contribution < 1.29 is 14.6 Å². The van der Waals surface area contributed by atoms with Crippen LogP contribution in [0.15, 0.2) is 48.5 Å². The number of hydrogen-bond acceptors (Lipinski definition) is 4. The van der Waals surface area contributed by atoms with Crippen molar-refractivity contribution in [1.82, 2.24) is 9.80 Å². The van der Waals surface area contributed by atoms with E-state index in [1.807, 2.05) is 43.3 Å². The number of rotatable bonds is 4. The van der Waals surface area contributed by atoms with Crippen LogP contribution in [0.3, 0.4) is 0 Å². The maximum atomic E-state index is 12.4. The molecule has 1 fully saturated rings. The van der Waals surface area contributed by atoms with Gasteiger partial charge in [0.2, 0.25) is 0 Å². The summed E-state index contributed by atoms with van der Waals surface area (Å²) in [7, 11) is 3.82. The predicted molar refractivity (Wildman–Crippen MR) is 100 cm³/mol. The van der Waals surface area contributed by atoms with E-state index in [1.165, 1.54) is 22.3 Å². The number of carbonyl (C=O) groups is 1. The molecule has 5 heteroatoms. The van der Waals surface area contributed by atoms with Crippen LogP contribution in [0.5, 0.6) is 0 Å². The van der Waals surface area contributed by atoms with Crippen LogP contribution in [-0.2, 0) is 4.74 Å². The van der Waals surface area contributed by atoms with Crippen molar-refractivity contribution >= 4 is 6.09 Å². The Hall–Kier alpha value is -2.37. The van der Waals surface area contributed by atoms with Gasteiger partial charge in [-0.15, -0.1) is 0 Å². The molecule has 2 aromatic carbocycles. The standard InChI is InChI=1S/C21H24N2O3/c1-22(2)12-21(25)13-23(14-21)20(24)26-11-19-17-9-5-3-7-15(17)16-8-4-6-10-18(16)19/h3-10,19,25H,11-14H2,1-2H3. The van der Waals surface area contributed by atoms with E-state index in [1.54, 1.807) is 4.90 Å². The first kappa shape index (κ1) is 17.1. The minimum atomic E-state index is -0.824. The number of carbonyl (C=O) groups excluding carboxylic acids is 1. The lowest BCUT2D eigenvalue weighted by atomic mass is 9.94. The van der Waals surface area contributed by atoms with Gasteiger partial charge in [-0.05, 0) is 36.3 Å². The first-order valence-electron chi connectivity index (χ1n) is 8.94. The third-order valence-electron chi connectivity index (χ3n) is 5.18. The number of ether oxygens (including phenoxy) is 1. The van der Waals surface area contributed by atoms with Crippen LogP contribution in [0.2, 0.25) is 0 Å². The van der Waals surface area contributed by atoms with Crippen molar-refractivity contribution in [1.29, 1.82) is 0 Å². The summed E-state index contributed by atoms with van der Waals surface area (Å²) in [4.78, 5) is 15.8. The Morgan fingerprint density at radius 1 is 1.12 bits per heavy atom. The number of amides is 1. The molecule has 136 valence electrons. The molecule has 5 nitrogen and oxygen atoms in total. The van der Waals surface area contributed by atoms with Crippen molar-refractivity contribution in [3.63, 3.8) is 0 Å². The smallest absolute Gasteiger partial charge is 0.409 e. The quantitative estimate of drug-likeness (QED) is 0.919. The van der Waals surface area contributed by atoms with Crippen molar-refractivity contribution in [3.8, 4) is 11.1 Å². The van der Waals surface area contributed by atoms with Crippen molar-refractivity contribution in [2.75, 3.05) is 40.3 Å². The van der Waals surface area contributed by atoms with Crippen LogP contribution in [0.25, 0.3) is 11.1 Å². The van der Waals surface area contributed by atoms with Crippen molar-refractivity contribution in [3.05, 3.63) is 59.7 Å². The molecule has 1 N–H and O–H groups in total. The highest BCUT2D eigenvalue weighted by Gasteiger charge is 2.45. The fraction of sp³-hybridized carbons (Fsp3) is 0.381. The monoisotopic (exact) mass is 352 g/mol. The molecule has 0 spiro atoms. The first-order valence-corrected chi connectivity index (χ1v) is 8.94. The lowest BCUT2D eigenvalue weighted by Crippen LogP contribution is -2.67. The Balaban J connectivity index is 1.42. The number of hydrogen-bond donors (Lipinski definition) is 1. The summed E-state index contributed by atoms with van der Waals surface area (Å²) in [5.74, 6) is 0.0632. The zero-order valence-corrected chi connectivity index (χ0v) is 15.2. The topological polar surface area (TPSA) is 53.0 Å². The number of nitrogens with zero attached hydrogens (tertiary/aromatic N) is 2. The molecule has 0 saturated carbocycles. The van der Waals surface area contributed by atoms with Gasteiger partial charge < -0.3 is 19.6 Å². The third-order valence-corrected chi connectivity index (χ3v) is 5.18. The van der Waals surface area contributed by atoms with Crippen LogP contribution in [0.4, 0.5) is 4.79 Å². The van der Waals surface area contributed by atoms with Crippen LogP contribution in [0, 0.1) is 0 Å². The summed E-state index contributed by atoms with van der Waals surface area (Å²) >= 11 is 0. The first-order chi connectivity index (χ1) is 12.5. The van der Waals surface area contributed by atoms with Crippen molar-refractivity contribution in [2.45, 2.75) is 11.5 Å². The highest BCUT2D eigenvalue weighted by molar-refractivity contribution is 5.79. The van der Waals surface area contributed by atoms with E-state index in [9.17, 15) is 9.90 Å². The highest BCUT2D eigenvalue weighted by atomic mass is 16.6. The van der Waals surface area contributed by atoms with E-state index in [2.05, 4.69) is 24.3 Å². The van der Waals surface area contributed by atoms with Crippen LogP contribution < -0.4 is 0 Å². The Kier molecular flexibility index (Phi) is 4.21. The van der Waals surface area contributed by atoms with E-state index in [-0.39, 0.29) is 12.0 Å². The summed E-state index contributed by atoms with van der Waals surface area (Å²) in [6.45, 7) is 1.50. The molecule has 2 aromatic rings. The molecule has 2 aliphatic rings. The molecule has 1 saturated heterocycles. The van der Waals surface area contributed by atoms with Gasteiger partial charge in [0.05, 0.1) is 13.1 Å².